The number of nitrogens with one attached hydrogen (secondary N) is 3. The van der Waals surface area contributed by atoms with Crippen molar-refractivity contribution in [1.29, 1.82) is 0 Å². The number of likely N-dealkylation sites (N-methyl/N-ethyl adjacent to an activating group) is 2. The zero-order chi connectivity index (χ0) is 29.6. The number of pyridine rings is 1. The minimum absolute atomic E-state index is 0.194. The van der Waals surface area contributed by atoms with Gasteiger partial charge in [-0.1, -0.05) is 30.9 Å². The number of carbonyl (C=O) groups is 2. The van der Waals surface area contributed by atoms with Crippen molar-refractivity contribution in [3.63, 3.8) is 0 Å². The lowest BCUT2D eigenvalue weighted by Crippen LogP contribution is -2.45. The Morgan fingerprint density at radius 3 is 2.73 bits per heavy atom. The summed E-state index contributed by atoms with van der Waals surface area (Å²) in [6.07, 6.45) is 8.99. The highest BCUT2D eigenvalue weighted by molar-refractivity contribution is 5.92. The van der Waals surface area contributed by atoms with Gasteiger partial charge in [-0.3, -0.25) is 14.6 Å². The molecule has 10 nitrogen and oxygen atoms in total. The Bertz CT molecular complexity index is 1410. The van der Waals surface area contributed by atoms with Crippen molar-refractivity contribution < 1.29 is 9.59 Å². The van der Waals surface area contributed by atoms with Gasteiger partial charge in [0.25, 0.3) is 0 Å². The minimum Gasteiger partial charge on any atom is -0.369 e. The molecule has 3 rings (SSSR count). The molecule has 0 aliphatic carbocycles. The van der Waals surface area contributed by atoms with Crippen molar-refractivity contribution in [2.75, 3.05) is 51.4 Å². The lowest BCUT2D eigenvalue weighted by Gasteiger charge is -2.23. The molecule has 1 aromatic carbocycles. The number of hydrogen-bond acceptors (Lipinski definition) is 8. The molecule has 0 fully saturated rings. The predicted octanol–water partition coefficient (Wildman–Crippen LogP) is 3.80. The monoisotopic (exact) mass is 556 g/mol. The summed E-state index contributed by atoms with van der Waals surface area (Å²) in [7, 11) is 5.48. The van der Waals surface area contributed by atoms with E-state index in [-0.39, 0.29) is 11.8 Å². The fourth-order valence-corrected chi connectivity index (χ4v) is 3.74. The lowest BCUT2D eigenvalue weighted by atomic mass is 10.2. The summed E-state index contributed by atoms with van der Waals surface area (Å²) >= 11 is 0. The van der Waals surface area contributed by atoms with E-state index in [9.17, 15) is 9.59 Å². The molecule has 0 aliphatic rings. The summed E-state index contributed by atoms with van der Waals surface area (Å²) in [6, 6.07) is 9.27. The number of aromatic nitrogens is 3. The van der Waals surface area contributed by atoms with Gasteiger partial charge in [0.2, 0.25) is 17.8 Å². The second kappa shape index (κ2) is 15.9. The van der Waals surface area contributed by atoms with Crippen molar-refractivity contribution in [3.05, 3.63) is 60.4 Å². The zero-order valence-electron chi connectivity index (χ0n) is 24.6. The molecule has 0 spiro atoms. The molecule has 2 aromatic heterocycles. The molecule has 3 N–H and O–H groups in total. The highest BCUT2D eigenvalue weighted by Crippen LogP contribution is 2.21. The third-order valence-corrected chi connectivity index (χ3v) is 6.23. The molecule has 0 aliphatic heterocycles. The first-order valence-corrected chi connectivity index (χ1v) is 13.9. The number of rotatable bonds is 13. The van der Waals surface area contributed by atoms with Gasteiger partial charge in [0.15, 0.2) is 0 Å². The van der Waals surface area contributed by atoms with E-state index >= 15 is 0 Å². The molecule has 2 amide bonds. The molecule has 1 atom stereocenters. The van der Waals surface area contributed by atoms with E-state index in [1.807, 2.05) is 49.3 Å². The molecular weight excluding hydrogens is 516 g/mol. The molecule has 0 unspecified atom stereocenters. The lowest BCUT2D eigenvalue weighted by molar-refractivity contribution is -0.135. The summed E-state index contributed by atoms with van der Waals surface area (Å²) < 4.78 is 0. The molecule has 0 radical (unpaired) electrons. The fraction of sp³-hybridized carbons (Fsp3) is 0.387. The van der Waals surface area contributed by atoms with Crippen molar-refractivity contribution >= 4 is 40.2 Å². The smallest absolute Gasteiger partial charge is 0.246 e. The third kappa shape index (κ3) is 9.89. The summed E-state index contributed by atoms with van der Waals surface area (Å²) in [5.41, 5.74) is 2.51. The van der Waals surface area contributed by atoms with Gasteiger partial charge in [-0.25, -0.2) is 4.98 Å². The highest BCUT2D eigenvalue weighted by Gasteiger charge is 2.20. The topological polar surface area (TPSA) is 115 Å². The number of unbranched alkanes of at least 4 members (excludes halogenated alkanes) is 1. The van der Waals surface area contributed by atoms with E-state index in [4.69, 9.17) is 0 Å². The van der Waals surface area contributed by atoms with Gasteiger partial charge in [0.05, 0.1) is 17.3 Å². The van der Waals surface area contributed by atoms with Crippen LogP contribution < -0.4 is 16.0 Å². The number of amides is 2. The molecule has 216 valence electrons. The van der Waals surface area contributed by atoms with Gasteiger partial charge < -0.3 is 25.8 Å². The highest BCUT2D eigenvalue weighted by atomic mass is 16.2. The summed E-state index contributed by atoms with van der Waals surface area (Å²) in [5, 5.41) is 10.5. The first-order valence-electron chi connectivity index (χ1n) is 13.9. The molecule has 0 bridgehead atoms. The Morgan fingerprint density at radius 2 is 1.95 bits per heavy atom. The average molecular weight is 557 g/mol. The van der Waals surface area contributed by atoms with Crippen LogP contribution in [-0.4, -0.2) is 83.4 Å². The number of benzene rings is 1. The van der Waals surface area contributed by atoms with E-state index in [2.05, 4.69) is 49.7 Å². The number of fused-ring (bicyclic) bond motifs is 1. The van der Waals surface area contributed by atoms with E-state index in [0.717, 1.165) is 29.6 Å². The van der Waals surface area contributed by atoms with Crippen LogP contribution in [0.15, 0.2) is 54.9 Å². The average Bonchev–Trinajstić information content (AvgIpc) is 2.97. The van der Waals surface area contributed by atoms with Crippen LogP contribution >= 0.6 is 0 Å². The Hall–Kier alpha value is -4.49. The number of hydrogen-bond donors (Lipinski definition) is 3. The standard InChI is InChI=1S/C31H40N8O2/c1-6-17-33-29-25(22-35-31(37-29)36-26-15-16-27-24(21-26)13-10-19-32-27)12-8-7-9-18-34-30(41)23(2)39(5)28(40)14-11-20-38(3)4/h10-11,13-16,19,21-23H,6-7,9,17-18,20H2,1-5H3,(H,34,41)(H2,33,35,36,37)/b14-11+/t23-/m0/s1. The van der Waals surface area contributed by atoms with Gasteiger partial charge in [-0.15, -0.1) is 0 Å². The molecule has 10 heteroatoms. The van der Waals surface area contributed by atoms with Crippen LogP contribution in [0.1, 0.15) is 38.7 Å². The van der Waals surface area contributed by atoms with Crippen LogP contribution in [0.3, 0.4) is 0 Å². The van der Waals surface area contributed by atoms with Gasteiger partial charge in [0, 0.05) is 56.4 Å². The normalized spacial score (nSPS) is 11.7. The summed E-state index contributed by atoms with van der Waals surface area (Å²) in [6.45, 7) is 5.70. The fourth-order valence-electron chi connectivity index (χ4n) is 3.74. The zero-order valence-corrected chi connectivity index (χ0v) is 24.6. The Morgan fingerprint density at radius 1 is 1.12 bits per heavy atom. The maximum Gasteiger partial charge on any atom is 0.246 e. The second-order valence-corrected chi connectivity index (χ2v) is 9.90. The van der Waals surface area contributed by atoms with E-state index < -0.39 is 6.04 Å². The second-order valence-electron chi connectivity index (χ2n) is 9.90. The minimum atomic E-state index is -0.569. The summed E-state index contributed by atoms with van der Waals surface area (Å²) in [5.74, 6) is 7.07. The van der Waals surface area contributed by atoms with Crippen LogP contribution in [0.2, 0.25) is 0 Å². The van der Waals surface area contributed by atoms with Crippen LogP contribution in [0.5, 0.6) is 0 Å². The quantitative estimate of drug-likeness (QED) is 0.165. The van der Waals surface area contributed by atoms with Gasteiger partial charge >= 0.3 is 0 Å². The van der Waals surface area contributed by atoms with Crippen LogP contribution in [0.25, 0.3) is 10.9 Å². The molecule has 3 aromatic rings. The Kier molecular flexibility index (Phi) is 12.1. The first kappa shape index (κ1) is 31.0. The Labute approximate surface area is 242 Å². The predicted molar refractivity (Wildman–Crippen MR) is 165 cm³/mol. The molecule has 2 heterocycles. The van der Waals surface area contributed by atoms with E-state index in [1.54, 1.807) is 32.4 Å². The van der Waals surface area contributed by atoms with Gasteiger partial charge in [-0.2, -0.15) is 4.98 Å². The number of carbonyl (C=O) groups excluding carboxylic acids is 2. The van der Waals surface area contributed by atoms with Gasteiger partial charge in [0.1, 0.15) is 11.9 Å². The van der Waals surface area contributed by atoms with Crippen molar-refractivity contribution in [3.8, 4) is 11.8 Å². The van der Waals surface area contributed by atoms with Crippen LogP contribution in [0, 0.1) is 11.8 Å². The van der Waals surface area contributed by atoms with Crippen LogP contribution in [-0.2, 0) is 9.59 Å². The van der Waals surface area contributed by atoms with E-state index in [1.165, 1.54) is 11.0 Å². The Balaban J connectivity index is 1.52. The molecular formula is C31H40N8O2. The van der Waals surface area contributed by atoms with Crippen molar-refractivity contribution in [2.45, 2.75) is 39.2 Å². The van der Waals surface area contributed by atoms with E-state index in [0.29, 0.717) is 43.3 Å². The number of anilines is 3. The summed E-state index contributed by atoms with van der Waals surface area (Å²) in [4.78, 5) is 41.6. The molecule has 0 saturated heterocycles. The first-order chi connectivity index (χ1) is 19.8. The molecule has 41 heavy (non-hydrogen) atoms. The van der Waals surface area contributed by atoms with Crippen LogP contribution in [0.4, 0.5) is 17.5 Å². The largest absolute Gasteiger partial charge is 0.369 e. The SMILES string of the molecule is CCCNc1nc(Nc2ccc3ncccc3c2)ncc1C#CCCCNC(=O)[C@H](C)N(C)C(=O)/C=C/CN(C)C. The maximum atomic E-state index is 12.5. The van der Waals surface area contributed by atoms with Gasteiger partial charge in [-0.05, 0) is 58.1 Å². The third-order valence-electron chi connectivity index (χ3n) is 6.23. The van der Waals surface area contributed by atoms with Crippen molar-refractivity contribution in [2.24, 2.45) is 0 Å². The molecule has 0 saturated carbocycles. The number of nitrogens with zero attached hydrogens (tertiary/aromatic N) is 5. The van der Waals surface area contributed by atoms with Crippen molar-refractivity contribution in [1.82, 2.24) is 30.1 Å². The maximum absolute atomic E-state index is 12.5.